The molecular weight excluding hydrogens is 229 g/mol. The van der Waals surface area contributed by atoms with E-state index >= 15 is 0 Å². The molecule has 3 saturated carbocycles. The Morgan fingerprint density at radius 3 is 2.72 bits per heavy atom. The summed E-state index contributed by atoms with van der Waals surface area (Å²) in [4.78, 5) is 10.9. The molecule has 4 aliphatic rings. The molecule has 1 N–H and O–H groups in total. The highest BCUT2D eigenvalue weighted by Crippen LogP contribution is 2.65. The van der Waals surface area contributed by atoms with Gasteiger partial charge in [-0.25, -0.2) is 0 Å². The van der Waals surface area contributed by atoms with Crippen molar-refractivity contribution >= 4 is 13.0 Å². The summed E-state index contributed by atoms with van der Waals surface area (Å²) in [5.74, 6) is 1.31. The molecular formula is C13H22BNO3. The van der Waals surface area contributed by atoms with Crippen molar-refractivity contribution in [2.75, 3.05) is 6.44 Å². The van der Waals surface area contributed by atoms with Gasteiger partial charge >= 0.3 is 7.12 Å². The number of carbonyl (C=O) groups is 1. The fourth-order valence-electron chi connectivity index (χ4n) is 4.27. The highest BCUT2D eigenvalue weighted by Gasteiger charge is 2.67. The van der Waals surface area contributed by atoms with Gasteiger partial charge in [-0.3, -0.25) is 4.79 Å². The lowest BCUT2D eigenvalue weighted by molar-refractivity contribution is -0.199. The molecule has 4 fully saturated rings. The summed E-state index contributed by atoms with van der Waals surface area (Å²) in [6, 6.07) is 0. The maximum absolute atomic E-state index is 10.9. The zero-order chi connectivity index (χ0) is 13.1. The Hall–Kier alpha value is -0.545. The molecule has 3 aliphatic carbocycles. The molecule has 2 bridgehead atoms. The van der Waals surface area contributed by atoms with Gasteiger partial charge in [0.25, 0.3) is 0 Å². The minimum absolute atomic E-state index is 0.0353. The number of hydrogen-bond acceptors (Lipinski definition) is 3. The Balaban J connectivity index is 1.71. The molecule has 0 radical (unpaired) electrons. The smallest absolute Gasteiger partial charge is 0.404 e. The largest absolute Gasteiger partial charge is 0.478 e. The van der Waals surface area contributed by atoms with Crippen molar-refractivity contribution in [3.05, 3.63) is 0 Å². The SMILES string of the molecule is CC(=O)NCB1O[C@@H]2C[C@@H]3C[C@@H](C3(C)C)C2(C)O1. The van der Waals surface area contributed by atoms with Crippen LogP contribution in [0.4, 0.5) is 0 Å². The second kappa shape index (κ2) is 3.73. The third-order valence-corrected chi connectivity index (χ3v) is 5.52. The van der Waals surface area contributed by atoms with Crippen molar-refractivity contribution in [2.24, 2.45) is 17.3 Å². The van der Waals surface area contributed by atoms with Crippen molar-refractivity contribution in [3.8, 4) is 0 Å². The lowest BCUT2D eigenvalue weighted by atomic mass is 9.43. The molecule has 18 heavy (non-hydrogen) atoms. The van der Waals surface area contributed by atoms with E-state index in [2.05, 4.69) is 26.1 Å². The summed E-state index contributed by atoms with van der Waals surface area (Å²) in [5, 5.41) is 2.77. The van der Waals surface area contributed by atoms with Gasteiger partial charge in [0.1, 0.15) is 0 Å². The predicted octanol–water partition coefficient (Wildman–Crippen LogP) is 1.39. The van der Waals surface area contributed by atoms with Crippen LogP contribution in [0.25, 0.3) is 0 Å². The quantitative estimate of drug-likeness (QED) is 0.754. The summed E-state index contributed by atoms with van der Waals surface area (Å²) >= 11 is 0. The Bertz CT molecular complexity index is 386. The topological polar surface area (TPSA) is 47.6 Å². The molecule has 1 amide bonds. The predicted molar refractivity (Wildman–Crippen MR) is 68.8 cm³/mol. The maximum atomic E-state index is 10.9. The maximum Gasteiger partial charge on any atom is 0.478 e. The van der Waals surface area contributed by atoms with Gasteiger partial charge in [-0.2, -0.15) is 0 Å². The Labute approximate surface area is 109 Å². The number of nitrogens with one attached hydrogen (secondary N) is 1. The molecule has 1 heterocycles. The van der Waals surface area contributed by atoms with E-state index in [0.29, 0.717) is 17.8 Å². The summed E-state index contributed by atoms with van der Waals surface area (Å²) in [7, 11) is -0.279. The van der Waals surface area contributed by atoms with Crippen LogP contribution in [0.1, 0.15) is 40.5 Å². The fourth-order valence-corrected chi connectivity index (χ4v) is 4.27. The van der Waals surface area contributed by atoms with Crippen LogP contribution in [0, 0.1) is 17.3 Å². The van der Waals surface area contributed by atoms with Crippen LogP contribution < -0.4 is 5.32 Å². The fraction of sp³-hybridized carbons (Fsp3) is 0.923. The third kappa shape index (κ3) is 1.56. The Morgan fingerprint density at radius 2 is 2.11 bits per heavy atom. The van der Waals surface area contributed by atoms with Crippen molar-refractivity contribution < 1.29 is 14.1 Å². The van der Waals surface area contributed by atoms with Gasteiger partial charge in [-0.05, 0) is 37.0 Å². The molecule has 1 aliphatic heterocycles. The Morgan fingerprint density at radius 1 is 1.39 bits per heavy atom. The van der Waals surface area contributed by atoms with Gasteiger partial charge in [0.2, 0.25) is 5.91 Å². The van der Waals surface area contributed by atoms with E-state index in [1.807, 2.05) is 0 Å². The standard InChI is InChI=1S/C13H22BNO3/c1-8(16)15-7-14-17-11-6-9-5-10(12(9,2)3)13(11,4)18-14/h9-11H,5-7H2,1-4H3,(H,15,16)/t9-,10-,11+,13?/m0/s1. The Kier molecular flexibility index (Phi) is 2.59. The van der Waals surface area contributed by atoms with Crippen molar-refractivity contribution in [1.82, 2.24) is 5.32 Å². The van der Waals surface area contributed by atoms with Crippen LogP contribution in [0.5, 0.6) is 0 Å². The van der Waals surface area contributed by atoms with Crippen LogP contribution in [-0.2, 0) is 14.1 Å². The highest BCUT2D eigenvalue weighted by molar-refractivity contribution is 6.45. The first-order valence-corrected chi connectivity index (χ1v) is 6.91. The average molecular weight is 251 g/mol. The van der Waals surface area contributed by atoms with Crippen molar-refractivity contribution in [1.29, 1.82) is 0 Å². The minimum Gasteiger partial charge on any atom is -0.404 e. The molecule has 0 aromatic carbocycles. The first-order valence-electron chi connectivity index (χ1n) is 6.91. The van der Waals surface area contributed by atoms with E-state index in [1.54, 1.807) is 0 Å². The van der Waals surface area contributed by atoms with Crippen molar-refractivity contribution in [3.63, 3.8) is 0 Å². The zero-order valence-electron chi connectivity index (χ0n) is 11.7. The van der Waals surface area contributed by atoms with E-state index in [4.69, 9.17) is 9.31 Å². The van der Waals surface area contributed by atoms with Crippen LogP contribution in [0.2, 0.25) is 0 Å². The number of rotatable bonds is 2. The van der Waals surface area contributed by atoms with E-state index in [1.165, 1.54) is 13.3 Å². The van der Waals surface area contributed by atoms with Gasteiger partial charge < -0.3 is 14.6 Å². The molecule has 100 valence electrons. The lowest BCUT2D eigenvalue weighted by Gasteiger charge is -2.64. The number of carbonyl (C=O) groups excluding carboxylic acids is 1. The summed E-state index contributed by atoms with van der Waals surface area (Å²) < 4.78 is 12.1. The highest BCUT2D eigenvalue weighted by atomic mass is 16.7. The van der Waals surface area contributed by atoms with Gasteiger partial charge in [0.05, 0.1) is 18.1 Å². The molecule has 4 atom stereocenters. The first-order chi connectivity index (χ1) is 8.34. The van der Waals surface area contributed by atoms with Crippen LogP contribution in [0.3, 0.4) is 0 Å². The molecule has 4 rings (SSSR count). The molecule has 4 nitrogen and oxygen atoms in total. The van der Waals surface area contributed by atoms with E-state index in [-0.39, 0.29) is 24.7 Å². The van der Waals surface area contributed by atoms with E-state index < -0.39 is 0 Å². The van der Waals surface area contributed by atoms with Gasteiger partial charge in [-0.15, -0.1) is 0 Å². The monoisotopic (exact) mass is 251 g/mol. The molecule has 0 aromatic rings. The molecule has 1 saturated heterocycles. The molecule has 5 heteroatoms. The van der Waals surface area contributed by atoms with Crippen LogP contribution >= 0.6 is 0 Å². The number of hydrogen-bond donors (Lipinski definition) is 1. The van der Waals surface area contributed by atoms with Crippen LogP contribution in [0.15, 0.2) is 0 Å². The second-order valence-electron chi connectivity index (χ2n) is 6.84. The van der Waals surface area contributed by atoms with Gasteiger partial charge in [0, 0.05) is 6.92 Å². The van der Waals surface area contributed by atoms with E-state index in [0.717, 1.165) is 12.3 Å². The molecule has 0 aromatic heterocycles. The summed E-state index contributed by atoms with van der Waals surface area (Å²) in [5.41, 5.74) is 0.207. The first kappa shape index (κ1) is 12.5. The normalized spacial score (nSPS) is 44.2. The zero-order valence-corrected chi connectivity index (χ0v) is 11.7. The van der Waals surface area contributed by atoms with E-state index in [9.17, 15) is 4.79 Å². The van der Waals surface area contributed by atoms with Gasteiger partial charge in [-0.1, -0.05) is 13.8 Å². The molecule has 0 spiro atoms. The number of amides is 1. The lowest BCUT2D eigenvalue weighted by Crippen LogP contribution is -2.65. The summed E-state index contributed by atoms with van der Waals surface area (Å²) in [6.45, 7) is 8.40. The summed E-state index contributed by atoms with van der Waals surface area (Å²) in [6.07, 6.45) is 3.01. The second-order valence-corrected chi connectivity index (χ2v) is 6.84. The van der Waals surface area contributed by atoms with Gasteiger partial charge in [0.15, 0.2) is 0 Å². The van der Waals surface area contributed by atoms with Crippen LogP contribution in [-0.4, -0.2) is 31.2 Å². The minimum atomic E-state index is -0.279. The molecule has 1 unspecified atom stereocenters. The average Bonchev–Trinajstić information content (AvgIpc) is 2.61. The third-order valence-electron chi connectivity index (χ3n) is 5.52. The van der Waals surface area contributed by atoms with Crippen molar-refractivity contribution in [2.45, 2.75) is 52.2 Å².